The summed E-state index contributed by atoms with van der Waals surface area (Å²) in [6.45, 7) is 4.08. The molecule has 4 nitrogen and oxygen atoms in total. The first-order chi connectivity index (χ1) is 6.63. The third-order valence-corrected chi connectivity index (χ3v) is 2.01. The van der Waals surface area contributed by atoms with Gasteiger partial charge in [-0.25, -0.2) is 9.78 Å². The van der Waals surface area contributed by atoms with Crippen LogP contribution in [0.4, 0.5) is 5.82 Å². The topological polar surface area (TPSA) is 62.2 Å². The Balaban J connectivity index is 2.78. The number of hydrogen-bond donors (Lipinski definition) is 2. The number of hydrogen-bond acceptors (Lipinski definition) is 3. The van der Waals surface area contributed by atoms with Crippen molar-refractivity contribution in [1.82, 2.24) is 4.98 Å². The van der Waals surface area contributed by atoms with E-state index in [1.54, 1.807) is 0 Å². The van der Waals surface area contributed by atoms with E-state index in [0.29, 0.717) is 11.9 Å². The molecule has 14 heavy (non-hydrogen) atoms. The summed E-state index contributed by atoms with van der Waals surface area (Å²) in [4.78, 5) is 14.7. The van der Waals surface area contributed by atoms with E-state index in [9.17, 15) is 4.79 Å². The number of carboxylic acids is 1. The number of carboxylic acid groups (broad SMARTS) is 1. The van der Waals surface area contributed by atoms with Crippen molar-refractivity contribution in [3.63, 3.8) is 0 Å². The van der Waals surface area contributed by atoms with E-state index >= 15 is 0 Å². The van der Waals surface area contributed by atoms with Crippen molar-refractivity contribution in [1.29, 1.82) is 0 Å². The van der Waals surface area contributed by atoms with Crippen molar-refractivity contribution in [2.24, 2.45) is 0 Å². The Bertz CT molecular complexity index is 326. The van der Waals surface area contributed by atoms with Gasteiger partial charge >= 0.3 is 5.97 Å². The van der Waals surface area contributed by atoms with E-state index in [-0.39, 0.29) is 5.56 Å². The van der Waals surface area contributed by atoms with Gasteiger partial charge in [-0.1, -0.05) is 6.92 Å². The van der Waals surface area contributed by atoms with Gasteiger partial charge in [0, 0.05) is 12.2 Å². The van der Waals surface area contributed by atoms with E-state index in [1.807, 2.05) is 6.92 Å². The van der Waals surface area contributed by atoms with Gasteiger partial charge in [0.05, 0.1) is 5.56 Å². The average Bonchev–Trinajstić information content (AvgIpc) is 2.18. The second-order valence-electron chi connectivity index (χ2n) is 3.19. The van der Waals surface area contributed by atoms with Gasteiger partial charge in [0.15, 0.2) is 0 Å². The number of carbonyl (C=O) groups is 1. The Hall–Kier alpha value is -1.58. The van der Waals surface area contributed by atoms with Crippen molar-refractivity contribution < 1.29 is 9.90 Å². The molecule has 2 N–H and O–H groups in total. The first kappa shape index (κ1) is 10.5. The molecule has 0 aliphatic rings. The van der Waals surface area contributed by atoms with E-state index in [2.05, 4.69) is 17.2 Å². The molecule has 0 amide bonds. The summed E-state index contributed by atoms with van der Waals surface area (Å²) in [5.74, 6) is -0.321. The maximum absolute atomic E-state index is 10.7. The fourth-order valence-electron chi connectivity index (χ4n) is 0.997. The lowest BCUT2D eigenvalue weighted by Crippen LogP contribution is -2.14. The maximum Gasteiger partial charge on any atom is 0.335 e. The fourth-order valence-corrected chi connectivity index (χ4v) is 0.997. The van der Waals surface area contributed by atoms with Crippen LogP contribution in [0.3, 0.4) is 0 Å². The highest BCUT2D eigenvalue weighted by atomic mass is 16.4. The van der Waals surface area contributed by atoms with Gasteiger partial charge in [-0.05, 0) is 25.5 Å². The molecule has 0 fully saturated rings. The smallest absolute Gasteiger partial charge is 0.335 e. The minimum Gasteiger partial charge on any atom is -0.478 e. The second kappa shape index (κ2) is 4.60. The van der Waals surface area contributed by atoms with Crippen LogP contribution in [0.1, 0.15) is 30.6 Å². The summed E-state index contributed by atoms with van der Waals surface area (Å²) in [6.07, 6.45) is 2.47. The van der Waals surface area contributed by atoms with Gasteiger partial charge in [-0.15, -0.1) is 0 Å². The van der Waals surface area contributed by atoms with E-state index in [4.69, 9.17) is 5.11 Å². The Morgan fingerprint density at radius 1 is 1.71 bits per heavy atom. The van der Waals surface area contributed by atoms with Crippen LogP contribution < -0.4 is 5.32 Å². The van der Waals surface area contributed by atoms with Gasteiger partial charge in [-0.2, -0.15) is 0 Å². The molecule has 0 saturated carbocycles. The van der Waals surface area contributed by atoms with E-state index < -0.39 is 5.97 Å². The third kappa shape index (κ3) is 2.73. The molecule has 4 heteroatoms. The molecule has 76 valence electrons. The van der Waals surface area contributed by atoms with Crippen LogP contribution in [0.25, 0.3) is 0 Å². The molecular weight excluding hydrogens is 180 g/mol. The molecule has 0 aliphatic heterocycles. The summed E-state index contributed by atoms with van der Waals surface area (Å²) < 4.78 is 0. The lowest BCUT2D eigenvalue weighted by atomic mass is 10.2. The molecular formula is C10H14N2O2. The zero-order valence-electron chi connectivity index (χ0n) is 8.32. The van der Waals surface area contributed by atoms with Crippen LogP contribution in [0.5, 0.6) is 0 Å². The Morgan fingerprint density at radius 3 is 3.00 bits per heavy atom. The summed E-state index contributed by atoms with van der Waals surface area (Å²) in [5.41, 5.74) is 0.255. The number of pyridine rings is 1. The van der Waals surface area contributed by atoms with Crippen LogP contribution in [-0.4, -0.2) is 22.1 Å². The van der Waals surface area contributed by atoms with Gasteiger partial charge in [-0.3, -0.25) is 0 Å². The van der Waals surface area contributed by atoms with Crippen molar-refractivity contribution in [2.75, 3.05) is 5.32 Å². The molecule has 1 aromatic heterocycles. The zero-order chi connectivity index (χ0) is 10.6. The number of aromatic nitrogens is 1. The van der Waals surface area contributed by atoms with E-state index in [0.717, 1.165) is 6.42 Å². The lowest BCUT2D eigenvalue weighted by molar-refractivity contribution is 0.0697. The van der Waals surface area contributed by atoms with Crippen molar-refractivity contribution in [3.05, 3.63) is 23.9 Å². The lowest BCUT2D eigenvalue weighted by Gasteiger charge is -2.11. The molecule has 1 rings (SSSR count). The molecule has 0 aliphatic carbocycles. The number of nitrogens with one attached hydrogen (secondary N) is 1. The molecule has 0 spiro atoms. The summed E-state index contributed by atoms with van der Waals surface area (Å²) >= 11 is 0. The quantitative estimate of drug-likeness (QED) is 0.769. The number of nitrogens with zero attached hydrogens (tertiary/aromatic N) is 1. The molecule has 0 bridgehead atoms. The van der Waals surface area contributed by atoms with E-state index in [1.165, 1.54) is 18.3 Å². The average molecular weight is 194 g/mol. The maximum atomic E-state index is 10.7. The largest absolute Gasteiger partial charge is 0.478 e. The summed E-state index contributed by atoms with van der Waals surface area (Å²) in [6, 6.07) is 3.31. The van der Waals surface area contributed by atoms with Crippen molar-refractivity contribution >= 4 is 11.8 Å². The summed E-state index contributed by atoms with van der Waals surface area (Å²) in [7, 11) is 0. The monoisotopic (exact) mass is 194 g/mol. The first-order valence-electron chi connectivity index (χ1n) is 4.59. The van der Waals surface area contributed by atoms with Crippen LogP contribution >= 0.6 is 0 Å². The second-order valence-corrected chi connectivity index (χ2v) is 3.19. The molecule has 0 unspecified atom stereocenters. The molecule has 0 aromatic carbocycles. The van der Waals surface area contributed by atoms with Gasteiger partial charge in [0.25, 0.3) is 0 Å². The highest BCUT2D eigenvalue weighted by molar-refractivity contribution is 5.88. The van der Waals surface area contributed by atoms with Crippen LogP contribution in [-0.2, 0) is 0 Å². The van der Waals surface area contributed by atoms with Gasteiger partial charge < -0.3 is 10.4 Å². The molecule has 1 aromatic rings. The van der Waals surface area contributed by atoms with Crippen molar-refractivity contribution in [3.8, 4) is 0 Å². The Labute approximate surface area is 83.0 Å². The summed E-state index contributed by atoms with van der Waals surface area (Å²) in [5, 5.41) is 11.9. The number of aromatic carboxylic acids is 1. The fraction of sp³-hybridized carbons (Fsp3) is 0.400. The molecule has 0 saturated heterocycles. The standard InChI is InChI=1S/C10H14N2O2/c1-3-7(2)12-9-6-8(10(13)14)4-5-11-9/h4-7H,3H2,1-2H3,(H,11,12)(H,13,14)/t7-/m1/s1. The normalized spacial score (nSPS) is 12.1. The highest BCUT2D eigenvalue weighted by Gasteiger charge is 2.05. The minimum absolute atomic E-state index is 0.255. The number of rotatable bonds is 4. The van der Waals surface area contributed by atoms with Gasteiger partial charge in [0.1, 0.15) is 5.82 Å². The van der Waals surface area contributed by atoms with Gasteiger partial charge in [0.2, 0.25) is 0 Å². The molecule has 1 atom stereocenters. The Morgan fingerprint density at radius 2 is 2.43 bits per heavy atom. The molecule has 1 heterocycles. The minimum atomic E-state index is -0.931. The zero-order valence-corrected chi connectivity index (χ0v) is 8.32. The highest BCUT2D eigenvalue weighted by Crippen LogP contribution is 2.08. The third-order valence-electron chi connectivity index (χ3n) is 2.01. The van der Waals surface area contributed by atoms with Crippen LogP contribution in [0.15, 0.2) is 18.3 Å². The SMILES string of the molecule is CC[C@@H](C)Nc1cc(C(=O)O)ccn1. The predicted molar refractivity (Wildman–Crippen MR) is 54.6 cm³/mol. The van der Waals surface area contributed by atoms with Crippen LogP contribution in [0.2, 0.25) is 0 Å². The predicted octanol–water partition coefficient (Wildman–Crippen LogP) is 1.99. The van der Waals surface area contributed by atoms with Crippen LogP contribution in [0, 0.1) is 0 Å². The first-order valence-corrected chi connectivity index (χ1v) is 4.59. The molecule has 0 radical (unpaired) electrons. The Kier molecular flexibility index (Phi) is 3.45. The van der Waals surface area contributed by atoms with Crippen molar-refractivity contribution in [2.45, 2.75) is 26.3 Å². The number of anilines is 1.